The largest absolute Gasteiger partial charge is 0.494 e. The monoisotopic (exact) mass is 412 g/mol. The van der Waals surface area contributed by atoms with Crippen molar-refractivity contribution in [3.63, 3.8) is 0 Å². The summed E-state index contributed by atoms with van der Waals surface area (Å²) in [6.07, 6.45) is 10.3. The van der Waals surface area contributed by atoms with Gasteiger partial charge in [0.25, 0.3) is 0 Å². The Morgan fingerprint density at radius 3 is 2.59 bits per heavy atom. The van der Waals surface area contributed by atoms with Crippen LogP contribution in [0.25, 0.3) is 0 Å². The molecule has 0 unspecified atom stereocenters. The lowest BCUT2D eigenvalue weighted by Crippen LogP contribution is -2.16. The molecule has 1 aliphatic heterocycles. The summed E-state index contributed by atoms with van der Waals surface area (Å²) in [5, 5.41) is 7.88. The lowest BCUT2D eigenvalue weighted by atomic mass is 9.87. The van der Waals surface area contributed by atoms with Crippen LogP contribution in [0.3, 0.4) is 0 Å². The molecule has 0 saturated heterocycles. The van der Waals surface area contributed by atoms with Crippen molar-refractivity contribution >= 4 is 17.3 Å². The molecule has 4 heteroatoms. The third-order valence-corrected chi connectivity index (χ3v) is 6.71. The van der Waals surface area contributed by atoms with Crippen LogP contribution in [0.5, 0.6) is 5.75 Å². The van der Waals surface area contributed by atoms with Gasteiger partial charge in [0.05, 0.1) is 17.3 Å². The van der Waals surface area contributed by atoms with Gasteiger partial charge in [-0.2, -0.15) is 0 Å². The highest BCUT2D eigenvalue weighted by molar-refractivity contribution is 6.33. The van der Waals surface area contributed by atoms with Crippen LogP contribution in [0.4, 0.5) is 5.69 Å². The van der Waals surface area contributed by atoms with Crippen molar-refractivity contribution < 1.29 is 4.74 Å². The van der Waals surface area contributed by atoms with Gasteiger partial charge in [-0.1, -0.05) is 61.9 Å². The molecule has 4 rings (SSSR count). The molecule has 1 saturated carbocycles. The Morgan fingerprint density at radius 1 is 0.966 bits per heavy atom. The summed E-state index contributed by atoms with van der Waals surface area (Å²) in [5.74, 6) is 1.84. The summed E-state index contributed by atoms with van der Waals surface area (Å²) in [7, 11) is 0. The number of anilines is 1. The molecule has 0 aromatic heterocycles. The Balaban J connectivity index is 1.30. The molecule has 0 bridgehead atoms. The average Bonchev–Trinajstić information content (AvgIpc) is 3.00. The van der Waals surface area contributed by atoms with Gasteiger partial charge >= 0.3 is 0 Å². The molecule has 0 spiro atoms. The predicted octanol–water partition coefficient (Wildman–Crippen LogP) is 5.99. The molecule has 2 aromatic rings. The highest BCUT2D eigenvalue weighted by Crippen LogP contribution is 2.31. The van der Waals surface area contributed by atoms with Crippen LogP contribution >= 0.6 is 11.6 Å². The number of ether oxygens (including phenoxy) is 1. The van der Waals surface area contributed by atoms with Crippen LogP contribution in [0, 0.1) is 5.92 Å². The second kappa shape index (κ2) is 10.4. The minimum Gasteiger partial charge on any atom is -0.494 e. The summed E-state index contributed by atoms with van der Waals surface area (Å²) in [6, 6.07) is 12.7. The smallest absolute Gasteiger partial charge is 0.119 e. The first kappa shape index (κ1) is 20.6. The van der Waals surface area contributed by atoms with E-state index in [1.54, 1.807) is 0 Å². The molecule has 1 heterocycles. The van der Waals surface area contributed by atoms with E-state index in [9.17, 15) is 0 Å². The van der Waals surface area contributed by atoms with Gasteiger partial charge in [0.1, 0.15) is 5.75 Å². The van der Waals surface area contributed by atoms with Crippen LogP contribution in [0.1, 0.15) is 55.2 Å². The first-order valence-corrected chi connectivity index (χ1v) is 11.6. The van der Waals surface area contributed by atoms with Gasteiger partial charge in [-0.15, -0.1) is 0 Å². The lowest BCUT2D eigenvalue weighted by Gasteiger charge is -2.21. The van der Waals surface area contributed by atoms with Crippen molar-refractivity contribution in [1.82, 2.24) is 5.32 Å². The average molecular weight is 413 g/mol. The Labute approximate surface area is 180 Å². The molecule has 1 fully saturated rings. The van der Waals surface area contributed by atoms with Crippen molar-refractivity contribution in [1.29, 1.82) is 0 Å². The number of nitrogens with one attached hydrogen (secondary N) is 2. The Morgan fingerprint density at radius 2 is 1.76 bits per heavy atom. The molecule has 1 aliphatic carbocycles. The zero-order chi connectivity index (χ0) is 19.9. The van der Waals surface area contributed by atoms with Crippen LogP contribution in [0.15, 0.2) is 36.4 Å². The van der Waals surface area contributed by atoms with E-state index in [1.165, 1.54) is 55.2 Å². The van der Waals surface area contributed by atoms with E-state index in [0.717, 1.165) is 61.5 Å². The van der Waals surface area contributed by atoms with Crippen LogP contribution in [0.2, 0.25) is 5.02 Å². The summed E-state index contributed by atoms with van der Waals surface area (Å²) in [5.41, 5.74) is 5.11. The van der Waals surface area contributed by atoms with Crippen molar-refractivity contribution in [3.8, 4) is 5.75 Å². The first-order valence-electron chi connectivity index (χ1n) is 11.3. The molecule has 0 amide bonds. The van der Waals surface area contributed by atoms with Crippen molar-refractivity contribution in [2.45, 2.75) is 57.9 Å². The number of fused-ring (bicyclic) bond motifs is 1. The maximum atomic E-state index is 6.52. The number of halogens is 1. The fraction of sp³-hybridized carbons (Fsp3) is 0.520. The van der Waals surface area contributed by atoms with Gasteiger partial charge in [0.2, 0.25) is 0 Å². The van der Waals surface area contributed by atoms with E-state index in [1.807, 2.05) is 6.07 Å². The van der Waals surface area contributed by atoms with E-state index in [2.05, 4.69) is 41.0 Å². The minimum atomic E-state index is 0.770. The maximum Gasteiger partial charge on any atom is 0.119 e. The van der Waals surface area contributed by atoms with E-state index < -0.39 is 0 Å². The summed E-state index contributed by atoms with van der Waals surface area (Å²) < 4.78 is 5.99. The number of hydrogen-bond donors (Lipinski definition) is 2. The summed E-state index contributed by atoms with van der Waals surface area (Å²) in [6.45, 7) is 3.65. The van der Waals surface area contributed by atoms with Gasteiger partial charge in [-0.3, -0.25) is 0 Å². The number of rotatable bonds is 7. The zero-order valence-corrected chi connectivity index (χ0v) is 18.1. The predicted molar refractivity (Wildman–Crippen MR) is 122 cm³/mol. The van der Waals surface area contributed by atoms with Crippen LogP contribution in [-0.2, 0) is 19.4 Å². The fourth-order valence-corrected chi connectivity index (χ4v) is 4.89. The quantitative estimate of drug-likeness (QED) is 0.586. The molecular formula is C25H33ClN2O. The van der Waals surface area contributed by atoms with Gasteiger partial charge in [0.15, 0.2) is 0 Å². The topological polar surface area (TPSA) is 33.3 Å². The fourth-order valence-electron chi connectivity index (χ4n) is 4.65. The number of benzene rings is 2. The first-order chi connectivity index (χ1) is 14.3. The van der Waals surface area contributed by atoms with Gasteiger partial charge < -0.3 is 15.4 Å². The Hall–Kier alpha value is -1.71. The van der Waals surface area contributed by atoms with Gasteiger partial charge in [0, 0.05) is 6.54 Å². The van der Waals surface area contributed by atoms with Gasteiger partial charge in [-0.25, -0.2) is 0 Å². The summed E-state index contributed by atoms with van der Waals surface area (Å²) in [4.78, 5) is 0. The van der Waals surface area contributed by atoms with Gasteiger partial charge in [-0.05, 0) is 73.2 Å². The van der Waals surface area contributed by atoms with E-state index >= 15 is 0 Å². The maximum absolute atomic E-state index is 6.52. The number of hydrogen-bond acceptors (Lipinski definition) is 3. The molecule has 2 aromatic carbocycles. The molecule has 156 valence electrons. The molecule has 0 radical (unpaired) electrons. The molecule has 29 heavy (non-hydrogen) atoms. The SMILES string of the molecule is Clc1ccc2c(c1NCc1ccc(OCCC3CCCCC3)cc1)CCNCC2. The second-order valence-corrected chi connectivity index (χ2v) is 8.86. The standard InChI is InChI=1S/C25H33ClN2O/c26-24-11-8-21-12-15-27-16-13-23(21)25(24)28-18-20-6-9-22(10-7-20)29-17-14-19-4-2-1-3-5-19/h6-11,19,27-28H,1-5,12-18H2. The third-order valence-electron chi connectivity index (χ3n) is 6.39. The van der Waals surface area contributed by atoms with E-state index in [0.29, 0.717) is 0 Å². The highest BCUT2D eigenvalue weighted by atomic mass is 35.5. The summed E-state index contributed by atoms with van der Waals surface area (Å²) >= 11 is 6.52. The van der Waals surface area contributed by atoms with E-state index in [4.69, 9.17) is 16.3 Å². The zero-order valence-electron chi connectivity index (χ0n) is 17.3. The second-order valence-electron chi connectivity index (χ2n) is 8.45. The van der Waals surface area contributed by atoms with E-state index in [-0.39, 0.29) is 0 Å². The van der Waals surface area contributed by atoms with Crippen LogP contribution in [-0.4, -0.2) is 19.7 Å². The Bertz CT molecular complexity index is 784. The normalized spacial score (nSPS) is 17.4. The van der Waals surface area contributed by atoms with Crippen molar-refractivity contribution in [3.05, 3.63) is 58.1 Å². The molecular weight excluding hydrogens is 380 g/mol. The van der Waals surface area contributed by atoms with Crippen molar-refractivity contribution in [2.24, 2.45) is 5.92 Å². The lowest BCUT2D eigenvalue weighted by molar-refractivity contribution is 0.246. The van der Waals surface area contributed by atoms with Crippen molar-refractivity contribution in [2.75, 3.05) is 25.0 Å². The highest BCUT2D eigenvalue weighted by Gasteiger charge is 2.15. The van der Waals surface area contributed by atoms with Crippen LogP contribution < -0.4 is 15.4 Å². The Kier molecular flexibility index (Phi) is 7.34. The minimum absolute atomic E-state index is 0.770. The molecule has 2 N–H and O–H groups in total. The third kappa shape index (κ3) is 5.67. The molecule has 3 nitrogen and oxygen atoms in total. The molecule has 2 aliphatic rings. The molecule has 0 atom stereocenters.